The molecule has 0 amide bonds. The molecule has 2 rings (SSSR count). The molecule has 0 fully saturated rings. The van der Waals surface area contributed by atoms with Gasteiger partial charge in [0.1, 0.15) is 15.9 Å². The highest BCUT2D eigenvalue weighted by Gasteiger charge is 2.07. The van der Waals surface area contributed by atoms with E-state index in [4.69, 9.17) is 9.47 Å². The van der Waals surface area contributed by atoms with Gasteiger partial charge in [-0.25, -0.2) is 0 Å². The van der Waals surface area contributed by atoms with E-state index in [-0.39, 0.29) is 0 Å². The number of benzene rings is 1. The van der Waals surface area contributed by atoms with E-state index < -0.39 is 0 Å². The van der Waals surface area contributed by atoms with Crippen LogP contribution in [0.15, 0.2) is 29.3 Å². The lowest BCUT2D eigenvalue weighted by Gasteiger charge is -2.15. The summed E-state index contributed by atoms with van der Waals surface area (Å²) in [5.41, 5.74) is 0. The van der Waals surface area contributed by atoms with Gasteiger partial charge in [0.25, 0.3) is 0 Å². The second-order valence-corrected chi connectivity index (χ2v) is 7.15. The first kappa shape index (κ1) is 16.6. The summed E-state index contributed by atoms with van der Waals surface area (Å²) in [6.07, 6.45) is 2.37. The van der Waals surface area contributed by atoms with Gasteiger partial charge >= 0.3 is 0 Å². The van der Waals surface area contributed by atoms with Gasteiger partial charge in [0, 0.05) is 11.5 Å². The van der Waals surface area contributed by atoms with Gasteiger partial charge < -0.3 is 9.47 Å². The topological polar surface area (TPSA) is 30.8 Å². The fourth-order valence-corrected chi connectivity index (χ4v) is 3.85. The second kappa shape index (κ2) is 9.26. The van der Waals surface area contributed by atoms with Crippen molar-refractivity contribution in [2.24, 2.45) is 4.99 Å². The Morgan fingerprint density at radius 1 is 1.19 bits per heavy atom. The summed E-state index contributed by atoms with van der Waals surface area (Å²) in [4.78, 5) is 4.41. The quantitative estimate of drug-likeness (QED) is 0.660. The number of hydrogen-bond acceptors (Lipinski definition) is 5. The molecule has 1 aliphatic rings. The Morgan fingerprint density at radius 2 is 1.90 bits per heavy atom. The summed E-state index contributed by atoms with van der Waals surface area (Å²) in [6, 6.07) is 7.92. The maximum atomic E-state index is 5.88. The third kappa shape index (κ3) is 5.83. The highest BCUT2D eigenvalue weighted by molar-refractivity contribution is 8.39. The van der Waals surface area contributed by atoms with Gasteiger partial charge in [-0.2, -0.15) is 0 Å². The minimum Gasteiger partial charge on any atom is -0.493 e. The predicted octanol–water partition coefficient (Wildman–Crippen LogP) is 4.47. The van der Waals surface area contributed by atoms with Gasteiger partial charge in [-0.3, -0.25) is 4.99 Å². The summed E-state index contributed by atoms with van der Waals surface area (Å²) in [7, 11) is 0. The minimum absolute atomic E-state index is 0.304. The van der Waals surface area contributed by atoms with Crippen LogP contribution < -0.4 is 9.47 Å². The van der Waals surface area contributed by atoms with Crippen LogP contribution in [0.4, 0.5) is 0 Å². The SMILES string of the molecule is CCC(CC)Oc1ccc(OCCSC2=NCCS2)cc1. The molecule has 1 aromatic carbocycles. The summed E-state index contributed by atoms with van der Waals surface area (Å²) in [6.45, 7) is 5.97. The molecule has 0 unspecified atom stereocenters. The molecule has 0 aromatic heterocycles. The van der Waals surface area contributed by atoms with Crippen LogP contribution in [-0.4, -0.2) is 35.1 Å². The largest absolute Gasteiger partial charge is 0.493 e. The number of rotatable bonds is 8. The Hall–Kier alpha value is -0.810. The smallest absolute Gasteiger partial charge is 0.124 e. The van der Waals surface area contributed by atoms with E-state index in [2.05, 4.69) is 18.8 Å². The lowest BCUT2D eigenvalue weighted by molar-refractivity contribution is 0.192. The fraction of sp³-hybridized carbons (Fsp3) is 0.562. The van der Waals surface area contributed by atoms with Gasteiger partial charge in [-0.05, 0) is 37.1 Å². The Labute approximate surface area is 135 Å². The predicted molar refractivity (Wildman–Crippen MR) is 94.2 cm³/mol. The van der Waals surface area contributed by atoms with Crippen molar-refractivity contribution in [3.63, 3.8) is 0 Å². The van der Waals surface area contributed by atoms with Crippen LogP contribution in [0.2, 0.25) is 0 Å². The first-order chi connectivity index (χ1) is 10.3. The van der Waals surface area contributed by atoms with Crippen LogP contribution in [0.5, 0.6) is 11.5 Å². The molecular formula is C16H23NO2S2. The molecule has 0 saturated carbocycles. The molecule has 3 nitrogen and oxygen atoms in total. The molecule has 0 saturated heterocycles. The monoisotopic (exact) mass is 325 g/mol. The van der Waals surface area contributed by atoms with Crippen molar-refractivity contribution in [3.8, 4) is 11.5 Å². The lowest BCUT2D eigenvalue weighted by atomic mass is 10.2. The molecule has 1 aromatic rings. The van der Waals surface area contributed by atoms with Crippen molar-refractivity contribution in [1.82, 2.24) is 0 Å². The lowest BCUT2D eigenvalue weighted by Crippen LogP contribution is -2.13. The molecule has 116 valence electrons. The van der Waals surface area contributed by atoms with E-state index in [0.29, 0.717) is 12.7 Å². The molecular weight excluding hydrogens is 302 g/mol. The van der Waals surface area contributed by atoms with Crippen molar-refractivity contribution in [3.05, 3.63) is 24.3 Å². The van der Waals surface area contributed by atoms with Crippen LogP contribution in [0.1, 0.15) is 26.7 Å². The van der Waals surface area contributed by atoms with Gasteiger partial charge in [-0.1, -0.05) is 37.4 Å². The number of hydrogen-bond donors (Lipinski definition) is 0. The Kier molecular flexibility index (Phi) is 7.30. The number of ether oxygens (including phenoxy) is 2. The molecule has 1 aliphatic heterocycles. The Morgan fingerprint density at radius 3 is 2.52 bits per heavy atom. The van der Waals surface area contributed by atoms with Crippen LogP contribution in [0.3, 0.4) is 0 Å². The van der Waals surface area contributed by atoms with E-state index in [0.717, 1.165) is 42.4 Å². The first-order valence-corrected chi connectivity index (χ1v) is 9.48. The van der Waals surface area contributed by atoms with Crippen molar-refractivity contribution in [2.75, 3.05) is 24.7 Å². The van der Waals surface area contributed by atoms with Crippen molar-refractivity contribution in [2.45, 2.75) is 32.8 Å². The first-order valence-electron chi connectivity index (χ1n) is 7.51. The second-order valence-electron chi connectivity index (χ2n) is 4.72. The molecule has 0 N–H and O–H groups in total. The minimum atomic E-state index is 0.304. The van der Waals surface area contributed by atoms with E-state index in [1.807, 2.05) is 36.0 Å². The molecule has 1 heterocycles. The molecule has 0 bridgehead atoms. The van der Waals surface area contributed by atoms with Gasteiger partial charge in [-0.15, -0.1) is 0 Å². The van der Waals surface area contributed by atoms with Crippen LogP contribution >= 0.6 is 23.5 Å². The van der Waals surface area contributed by atoms with Gasteiger partial charge in [0.05, 0.1) is 19.3 Å². The highest BCUT2D eigenvalue weighted by Crippen LogP contribution is 2.23. The maximum absolute atomic E-state index is 5.88. The van der Waals surface area contributed by atoms with Crippen molar-refractivity contribution in [1.29, 1.82) is 0 Å². The van der Waals surface area contributed by atoms with Gasteiger partial charge in [0.15, 0.2) is 0 Å². The number of nitrogens with zero attached hydrogens (tertiary/aromatic N) is 1. The van der Waals surface area contributed by atoms with E-state index in [1.54, 1.807) is 11.8 Å². The molecule has 0 aliphatic carbocycles. The van der Waals surface area contributed by atoms with Crippen molar-refractivity contribution >= 4 is 27.9 Å². The van der Waals surface area contributed by atoms with E-state index in [9.17, 15) is 0 Å². The number of thioether (sulfide) groups is 2. The number of aliphatic imine (C=N–C) groups is 1. The van der Waals surface area contributed by atoms with E-state index >= 15 is 0 Å². The standard InChI is InChI=1S/C16H23NO2S2/c1-3-13(4-2)19-15-7-5-14(6-8-15)18-10-12-21-16-17-9-11-20-16/h5-8,13H,3-4,9-12H2,1-2H3. The third-order valence-electron chi connectivity index (χ3n) is 3.17. The molecule has 5 heteroatoms. The van der Waals surface area contributed by atoms with Gasteiger partial charge in [0.2, 0.25) is 0 Å². The maximum Gasteiger partial charge on any atom is 0.124 e. The summed E-state index contributed by atoms with van der Waals surface area (Å²) < 4.78 is 12.8. The zero-order valence-corrected chi connectivity index (χ0v) is 14.3. The van der Waals surface area contributed by atoms with Crippen LogP contribution in [0.25, 0.3) is 0 Å². The summed E-state index contributed by atoms with van der Waals surface area (Å²) >= 11 is 3.63. The summed E-state index contributed by atoms with van der Waals surface area (Å²) in [5, 5.41) is 0. The highest BCUT2D eigenvalue weighted by atomic mass is 32.2. The Bertz CT molecular complexity index is 444. The average molecular weight is 325 g/mol. The normalized spacial score (nSPS) is 14.3. The summed E-state index contributed by atoms with van der Waals surface area (Å²) in [5.74, 6) is 3.88. The molecule has 0 radical (unpaired) electrons. The van der Waals surface area contributed by atoms with E-state index in [1.165, 1.54) is 4.38 Å². The fourth-order valence-electron chi connectivity index (χ4n) is 1.95. The average Bonchev–Trinajstić information content (AvgIpc) is 3.04. The molecule has 0 atom stereocenters. The Balaban J connectivity index is 1.69. The third-order valence-corrected chi connectivity index (χ3v) is 5.39. The van der Waals surface area contributed by atoms with Crippen molar-refractivity contribution < 1.29 is 9.47 Å². The van der Waals surface area contributed by atoms with Crippen LogP contribution in [-0.2, 0) is 0 Å². The zero-order chi connectivity index (χ0) is 14.9. The molecule has 0 spiro atoms. The van der Waals surface area contributed by atoms with Crippen LogP contribution in [0, 0.1) is 0 Å². The molecule has 21 heavy (non-hydrogen) atoms. The zero-order valence-electron chi connectivity index (χ0n) is 12.7.